The second-order valence-electron chi connectivity index (χ2n) is 6.39. The number of rotatable bonds is 6. The Morgan fingerprint density at radius 1 is 0.933 bits per heavy atom. The third kappa shape index (κ3) is 4.07. The summed E-state index contributed by atoms with van der Waals surface area (Å²) in [6.07, 6.45) is -0.781. The maximum absolute atomic E-state index is 13.1. The monoisotopic (exact) mass is 408 g/mol. The van der Waals surface area contributed by atoms with Crippen LogP contribution in [-0.2, 0) is 4.74 Å². The Hall–Kier alpha value is -3.94. The number of benzene rings is 2. The molecule has 1 atom stereocenters. The Labute approximate surface area is 171 Å². The molecule has 0 bridgehead atoms. The molecule has 0 aliphatic carbocycles. The predicted molar refractivity (Wildman–Crippen MR) is 104 cm³/mol. The van der Waals surface area contributed by atoms with Crippen molar-refractivity contribution in [2.45, 2.75) is 13.0 Å². The molecule has 152 valence electrons. The summed E-state index contributed by atoms with van der Waals surface area (Å²) < 4.78 is 34.7. The lowest BCUT2D eigenvalue weighted by molar-refractivity contribution is 0.0245. The third-order valence-electron chi connectivity index (χ3n) is 4.35. The lowest BCUT2D eigenvalue weighted by Crippen LogP contribution is -2.08. The number of carbonyl (C=O) groups excluding carboxylic acids is 1. The summed E-state index contributed by atoms with van der Waals surface area (Å²) >= 11 is 0. The van der Waals surface area contributed by atoms with Gasteiger partial charge in [0.25, 0.3) is 5.89 Å². The summed E-state index contributed by atoms with van der Waals surface area (Å²) in [5.41, 5.74) is 1.35. The molecule has 0 aliphatic heterocycles. The Kier molecular flexibility index (Phi) is 5.30. The van der Waals surface area contributed by atoms with E-state index in [4.69, 9.17) is 18.3 Å². The van der Waals surface area contributed by atoms with Crippen LogP contribution in [0.5, 0.6) is 5.75 Å². The van der Waals surface area contributed by atoms with E-state index in [1.54, 1.807) is 56.5 Å². The zero-order chi connectivity index (χ0) is 21.1. The molecule has 30 heavy (non-hydrogen) atoms. The molecule has 0 spiro atoms. The van der Waals surface area contributed by atoms with Gasteiger partial charge < -0.3 is 18.3 Å². The van der Waals surface area contributed by atoms with Gasteiger partial charge in [-0.2, -0.15) is 0 Å². The molecule has 0 N–H and O–H groups in total. The summed E-state index contributed by atoms with van der Waals surface area (Å²) in [5, 5.41) is 7.94. The number of esters is 1. The average Bonchev–Trinajstić information content (AvgIpc) is 3.45. The first-order chi connectivity index (χ1) is 14.5. The molecular weight excluding hydrogens is 391 g/mol. The van der Waals surface area contributed by atoms with Crippen LogP contribution in [0, 0.1) is 5.82 Å². The molecule has 0 amide bonds. The quantitative estimate of drug-likeness (QED) is 0.412. The van der Waals surface area contributed by atoms with Gasteiger partial charge in [0.05, 0.1) is 7.11 Å². The van der Waals surface area contributed by atoms with Crippen molar-refractivity contribution < 1.29 is 27.5 Å². The van der Waals surface area contributed by atoms with Crippen LogP contribution in [0.4, 0.5) is 4.39 Å². The standard InChI is InChI=1S/C22H17FN2O5/c1-13(20-24-25-21(30-20)15-5-9-17(27-2)10-6-15)28-22(26)19-12-11-18(29-19)14-3-7-16(23)8-4-14/h3-13H,1-2H3/t13-/m0/s1. The van der Waals surface area contributed by atoms with Crippen LogP contribution in [-0.4, -0.2) is 23.3 Å². The van der Waals surface area contributed by atoms with Crippen LogP contribution in [0.15, 0.2) is 69.5 Å². The van der Waals surface area contributed by atoms with E-state index in [2.05, 4.69) is 10.2 Å². The minimum absolute atomic E-state index is 0.0102. The van der Waals surface area contributed by atoms with Crippen molar-refractivity contribution in [3.63, 3.8) is 0 Å². The smallest absolute Gasteiger partial charge is 0.375 e. The number of nitrogens with zero attached hydrogens (tertiary/aromatic N) is 2. The lowest BCUT2D eigenvalue weighted by Gasteiger charge is -2.07. The molecule has 0 fully saturated rings. The highest BCUT2D eigenvalue weighted by Gasteiger charge is 2.22. The van der Waals surface area contributed by atoms with Gasteiger partial charge in [-0.1, -0.05) is 0 Å². The summed E-state index contributed by atoms with van der Waals surface area (Å²) in [7, 11) is 1.58. The molecule has 4 aromatic rings. The number of halogens is 1. The zero-order valence-electron chi connectivity index (χ0n) is 16.2. The van der Waals surface area contributed by atoms with E-state index in [-0.39, 0.29) is 17.5 Å². The lowest BCUT2D eigenvalue weighted by atomic mass is 10.2. The van der Waals surface area contributed by atoms with Crippen molar-refractivity contribution in [2.24, 2.45) is 0 Å². The van der Waals surface area contributed by atoms with E-state index in [1.807, 2.05) is 0 Å². The summed E-state index contributed by atoms with van der Waals surface area (Å²) in [4.78, 5) is 12.4. The van der Waals surface area contributed by atoms with E-state index in [1.165, 1.54) is 18.2 Å². The Bertz CT molecular complexity index is 1150. The van der Waals surface area contributed by atoms with Gasteiger partial charge in [-0.25, -0.2) is 9.18 Å². The van der Waals surface area contributed by atoms with E-state index in [0.29, 0.717) is 28.5 Å². The highest BCUT2D eigenvalue weighted by Crippen LogP contribution is 2.26. The van der Waals surface area contributed by atoms with Gasteiger partial charge in [0, 0.05) is 11.1 Å². The summed E-state index contributed by atoms with van der Waals surface area (Å²) in [6, 6.07) is 16.0. The number of carbonyl (C=O) groups is 1. The molecule has 8 heteroatoms. The second kappa shape index (κ2) is 8.20. The largest absolute Gasteiger partial charge is 0.497 e. The van der Waals surface area contributed by atoms with Gasteiger partial charge in [-0.3, -0.25) is 0 Å². The molecule has 0 aliphatic rings. The Morgan fingerprint density at radius 3 is 2.33 bits per heavy atom. The number of hydrogen-bond acceptors (Lipinski definition) is 7. The maximum Gasteiger partial charge on any atom is 0.375 e. The van der Waals surface area contributed by atoms with Crippen LogP contribution >= 0.6 is 0 Å². The van der Waals surface area contributed by atoms with E-state index in [9.17, 15) is 9.18 Å². The molecular formula is C22H17FN2O5. The molecule has 2 heterocycles. The first-order valence-corrected chi connectivity index (χ1v) is 9.08. The minimum Gasteiger partial charge on any atom is -0.497 e. The van der Waals surface area contributed by atoms with Crippen LogP contribution in [0.25, 0.3) is 22.8 Å². The van der Waals surface area contributed by atoms with Crippen molar-refractivity contribution >= 4 is 5.97 Å². The van der Waals surface area contributed by atoms with E-state index < -0.39 is 12.1 Å². The highest BCUT2D eigenvalue weighted by atomic mass is 19.1. The Balaban J connectivity index is 1.44. The number of ether oxygens (including phenoxy) is 2. The molecule has 0 unspecified atom stereocenters. The fourth-order valence-electron chi connectivity index (χ4n) is 2.74. The number of hydrogen-bond donors (Lipinski definition) is 0. The molecule has 0 radical (unpaired) electrons. The summed E-state index contributed by atoms with van der Waals surface area (Å²) in [5.74, 6) is 0.559. The second-order valence-corrected chi connectivity index (χ2v) is 6.39. The fourth-order valence-corrected chi connectivity index (χ4v) is 2.74. The van der Waals surface area contributed by atoms with Crippen molar-refractivity contribution in [3.8, 4) is 28.5 Å². The molecule has 2 aromatic heterocycles. The molecule has 2 aromatic carbocycles. The normalized spacial score (nSPS) is 11.8. The third-order valence-corrected chi connectivity index (χ3v) is 4.35. The summed E-state index contributed by atoms with van der Waals surface area (Å²) in [6.45, 7) is 1.62. The Morgan fingerprint density at radius 2 is 1.63 bits per heavy atom. The van der Waals surface area contributed by atoms with Crippen molar-refractivity contribution in [3.05, 3.63) is 78.1 Å². The number of aromatic nitrogens is 2. The SMILES string of the molecule is COc1ccc(-c2nnc([C@H](C)OC(=O)c3ccc(-c4ccc(F)cc4)o3)o2)cc1. The number of methoxy groups -OCH3 is 1. The topological polar surface area (TPSA) is 87.6 Å². The number of furan rings is 1. The molecule has 4 rings (SSSR count). The van der Waals surface area contributed by atoms with Gasteiger partial charge in [-0.15, -0.1) is 10.2 Å². The van der Waals surface area contributed by atoms with Gasteiger partial charge in [-0.05, 0) is 67.6 Å². The zero-order valence-corrected chi connectivity index (χ0v) is 16.2. The fraction of sp³-hybridized carbons (Fsp3) is 0.136. The van der Waals surface area contributed by atoms with Crippen LogP contribution in [0.3, 0.4) is 0 Å². The van der Waals surface area contributed by atoms with Crippen molar-refractivity contribution in [1.82, 2.24) is 10.2 Å². The maximum atomic E-state index is 13.1. The molecule has 0 saturated heterocycles. The van der Waals surface area contributed by atoms with Gasteiger partial charge in [0.2, 0.25) is 11.7 Å². The first-order valence-electron chi connectivity index (χ1n) is 9.08. The molecule has 0 saturated carbocycles. The van der Waals surface area contributed by atoms with Gasteiger partial charge in [0.15, 0.2) is 6.10 Å². The predicted octanol–water partition coefficient (Wildman–Crippen LogP) is 5.06. The van der Waals surface area contributed by atoms with Crippen LogP contribution < -0.4 is 4.74 Å². The average molecular weight is 408 g/mol. The highest BCUT2D eigenvalue weighted by molar-refractivity contribution is 5.87. The van der Waals surface area contributed by atoms with Crippen molar-refractivity contribution in [1.29, 1.82) is 0 Å². The van der Waals surface area contributed by atoms with E-state index >= 15 is 0 Å². The van der Waals surface area contributed by atoms with E-state index in [0.717, 1.165) is 0 Å². The first kappa shape index (κ1) is 19.4. The van der Waals surface area contributed by atoms with Gasteiger partial charge in [0.1, 0.15) is 17.3 Å². The van der Waals surface area contributed by atoms with Crippen LogP contribution in [0.2, 0.25) is 0 Å². The van der Waals surface area contributed by atoms with Crippen molar-refractivity contribution in [2.75, 3.05) is 7.11 Å². The molecule has 7 nitrogen and oxygen atoms in total. The van der Waals surface area contributed by atoms with Gasteiger partial charge >= 0.3 is 5.97 Å². The minimum atomic E-state index is -0.781. The van der Waals surface area contributed by atoms with Crippen LogP contribution in [0.1, 0.15) is 29.5 Å².